The van der Waals surface area contributed by atoms with E-state index in [1.165, 1.54) is 16.9 Å². The molecule has 0 spiro atoms. The third-order valence-electron chi connectivity index (χ3n) is 4.32. The largest absolute Gasteiger partial charge is 0.457 e. The van der Waals surface area contributed by atoms with Crippen LogP contribution in [0.15, 0.2) is 47.2 Å². The number of benzene rings is 1. The molecule has 134 valence electrons. The molecule has 0 atom stereocenters. The van der Waals surface area contributed by atoms with Gasteiger partial charge in [-0.1, -0.05) is 17.7 Å². The second kappa shape index (κ2) is 7.70. The second-order valence-electron chi connectivity index (χ2n) is 6.35. The fraction of sp³-hybridized carbons (Fsp3) is 0.238. The van der Waals surface area contributed by atoms with E-state index in [2.05, 4.69) is 0 Å². The van der Waals surface area contributed by atoms with E-state index < -0.39 is 0 Å². The van der Waals surface area contributed by atoms with Crippen molar-refractivity contribution in [1.82, 2.24) is 4.57 Å². The zero-order valence-corrected chi connectivity index (χ0v) is 15.9. The van der Waals surface area contributed by atoms with Crippen LogP contribution >= 0.6 is 11.3 Å². The van der Waals surface area contributed by atoms with E-state index in [4.69, 9.17) is 4.74 Å². The van der Waals surface area contributed by atoms with Crippen LogP contribution in [0.3, 0.4) is 0 Å². The Bertz CT molecular complexity index is 921. The summed E-state index contributed by atoms with van der Waals surface area (Å²) in [7, 11) is 0. The van der Waals surface area contributed by atoms with Crippen LogP contribution in [0.5, 0.6) is 0 Å². The average Bonchev–Trinajstić information content (AvgIpc) is 3.22. The molecule has 4 nitrogen and oxygen atoms in total. The molecule has 0 saturated carbocycles. The van der Waals surface area contributed by atoms with E-state index in [1.807, 2.05) is 72.5 Å². The quantitative estimate of drug-likeness (QED) is 0.478. The van der Waals surface area contributed by atoms with Crippen LogP contribution < -0.4 is 0 Å². The number of thiophene rings is 1. The first-order chi connectivity index (χ1) is 12.5. The minimum absolute atomic E-state index is 0.185. The van der Waals surface area contributed by atoms with E-state index in [9.17, 15) is 9.59 Å². The minimum atomic E-state index is -0.385. The van der Waals surface area contributed by atoms with Crippen molar-refractivity contribution in [2.75, 3.05) is 6.61 Å². The van der Waals surface area contributed by atoms with Crippen molar-refractivity contribution in [3.63, 3.8) is 0 Å². The second-order valence-corrected chi connectivity index (χ2v) is 7.13. The first-order valence-electron chi connectivity index (χ1n) is 8.41. The molecule has 1 aromatic carbocycles. The lowest BCUT2D eigenvalue weighted by Crippen LogP contribution is -2.16. The monoisotopic (exact) mass is 367 g/mol. The normalized spacial score (nSPS) is 10.7. The van der Waals surface area contributed by atoms with Crippen molar-refractivity contribution < 1.29 is 14.3 Å². The number of esters is 1. The molecule has 5 heteroatoms. The topological polar surface area (TPSA) is 48.3 Å². The molecule has 0 unspecified atom stereocenters. The molecule has 0 amide bonds. The number of ether oxygens (including phenoxy) is 1. The molecule has 2 heterocycles. The van der Waals surface area contributed by atoms with Gasteiger partial charge in [0.15, 0.2) is 6.61 Å². The molecule has 2 aromatic heterocycles. The lowest BCUT2D eigenvalue weighted by molar-refractivity contribution is -0.141. The molecule has 3 rings (SSSR count). The number of aromatic nitrogens is 1. The van der Waals surface area contributed by atoms with Gasteiger partial charge in [0.05, 0.1) is 6.42 Å². The maximum Gasteiger partial charge on any atom is 0.310 e. The molecular formula is C21H21NO3S. The highest BCUT2D eigenvalue weighted by atomic mass is 32.1. The van der Waals surface area contributed by atoms with Crippen molar-refractivity contribution in [2.45, 2.75) is 27.2 Å². The highest BCUT2D eigenvalue weighted by Gasteiger charge is 2.18. The SMILES string of the molecule is Cc1ccc(-n2c(C)cc(C(=O)COC(=O)Cc3ccsc3)c2C)cc1. The highest BCUT2D eigenvalue weighted by Crippen LogP contribution is 2.21. The summed E-state index contributed by atoms with van der Waals surface area (Å²) < 4.78 is 7.21. The summed E-state index contributed by atoms with van der Waals surface area (Å²) in [5.41, 5.74) is 5.52. The molecule has 0 radical (unpaired) electrons. The molecular weight excluding hydrogens is 346 g/mol. The van der Waals surface area contributed by atoms with Crippen molar-refractivity contribution in [1.29, 1.82) is 0 Å². The molecule has 0 bridgehead atoms. The van der Waals surface area contributed by atoms with Crippen molar-refractivity contribution in [3.05, 3.63) is 75.2 Å². The van der Waals surface area contributed by atoms with E-state index >= 15 is 0 Å². The summed E-state index contributed by atoms with van der Waals surface area (Å²) >= 11 is 1.53. The van der Waals surface area contributed by atoms with Gasteiger partial charge in [-0.3, -0.25) is 9.59 Å². The third kappa shape index (κ3) is 3.94. The van der Waals surface area contributed by atoms with Crippen LogP contribution in [0.4, 0.5) is 0 Å². The fourth-order valence-electron chi connectivity index (χ4n) is 2.97. The highest BCUT2D eigenvalue weighted by molar-refractivity contribution is 7.08. The van der Waals surface area contributed by atoms with Gasteiger partial charge < -0.3 is 9.30 Å². The van der Waals surface area contributed by atoms with Gasteiger partial charge in [-0.05, 0) is 61.4 Å². The van der Waals surface area contributed by atoms with Gasteiger partial charge in [-0.25, -0.2) is 0 Å². The Morgan fingerprint density at radius 1 is 1.08 bits per heavy atom. The maximum atomic E-state index is 12.5. The van der Waals surface area contributed by atoms with Crippen LogP contribution in [-0.4, -0.2) is 22.9 Å². The standard InChI is InChI=1S/C21H21NO3S/c1-14-4-6-18(7-5-14)22-15(2)10-19(16(22)3)20(23)12-25-21(24)11-17-8-9-26-13-17/h4-10,13H,11-12H2,1-3H3. The summed E-state index contributed by atoms with van der Waals surface area (Å²) in [6.45, 7) is 5.68. The summed E-state index contributed by atoms with van der Waals surface area (Å²) in [5.74, 6) is -0.570. The van der Waals surface area contributed by atoms with Gasteiger partial charge in [-0.2, -0.15) is 11.3 Å². The Morgan fingerprint density at radius 3 is 2.46 bits per heavy atom. The van der Waals surface area contributed by atoms with Crippen molar-refractivity contribution >= 4 is 23.1 Å². The summed E-state index contributed by atoms with van der Waals surface area (Å²) in [6, 6.07) is 11.9. The Labute approximate surface area is 157 Å². The third-order valence-corrected chi connectivity index (χ3v) is 5.05. The predicted octanol–water partition coefficient (Wildman–Crippen LogP) is 4.43. The average molecular weight is 367 g/mol. The Kier molecular flexibility index (Phi) is 5.38. The number of nitrogens with zero attached hydrogens (tertiary/aromatic N) is 1. The van der Waals surface area contributed by atoms with Gasteiger partial charge in [0.1, 0.15) is 0 Å². The number of carbonyl (C=O) groups excluding carboxylic acids is 2. The Morgan fingerprint density at radius 2 is 1.81 bits per heavy atom. The van der Waals surface area contributed by atoms with Crippen LogP contribution in [0.25, 0.3) is 5.69 Å². The van der Waals surface area contributed by atoms with E-state index in [-0.39, 0.29) is 24.8 Å². The number of hydrogen-bond donors (Lipinski definition) is 0. The molecule has 0 aliphatic carbocycles. The first kappa shape index (κ1) is 18.1. The molecule has 0 N–H and O–H groups in total. The molecule has 0 fully saturated rings. The number of hydrogen-bond acceptors (Lipinski definition) is 4. The van der Waals surface area contributed by atoms with Crippen molar-refractivity contribution in [3.8, 4) is 5.69 Å². The summed E-state index contributed by atoms with van der Waals surface area (Å²) in [4.78, 5) is 24.4. The van der Waals surface area contributed by atoms with Gasteiger partial charge in [0.25, 0.3) is 0 Å². The van der Waals surface area contributed by atoms with Gasteiger partial charge in [0.2, 0.25) is 5.78 Å². The fourth-order valence-corrected chi connectivity index (χ4v) is 3.64. The zero-order chi connectivity index (χ0) is 18.7. The molecule has 3 aromatic rings. The zero-order valence-electron chi connectivity index (χ0n) is 15.1. The van der Waals surface area contributed by atoms with Crippen LogP contribution in [0, 0.1) is 20.8 Å². The van der Waals surface area contributed by atoms with Crippen LogP contribution in [-0.2, 0) is 16.0 Å². The smallest absolute Gasteiger partial charge is 0.310 e. The van der Waals surface area contributed by atoms with Gasteiger partial charge in [0, 0.05) is 22.6 Å². The van der Waals surface area contributed by atoms with Crippen molar-refractivity contribution in [2.24, 2.45) is 0 Å². The predicted molar refractivity (Wildman–Crippen MR) is 103 cm³/mol. The first-order valence-corrected chi connectivity index (χ1v) is 9.36. The molecule has 26 heavy (non-hydrogen) atoms. The van der Waals surface area contributed by atoms with Gasteiger partial charge >= 0.3 is 5.97 Å². The number of aryl methyl sites for hydroxylation is 2. The van der Waals surface area contributed by atoms with Gasteiger partial charge in [-0.15, -0.1) is 0 Å². The van der Waals surface area contributed by atoms with E-state index in [0.717, 1.165) is 22.6 Å². The van der Waals surface area contributed by atoms with Crippen LogP contribution in [0.1, 0.15) is 32.9 Å². The maximum absolute atomic E-state index is 12.5. The lowest BCUT2D eigenvalue weighted by Gasteiger charge is -2.10. The molecule has 0 aliphatic rings. The molecule has 0 aliphatic heterocycles. The minimum Gasteiger partial charge on any atom is -0.457 e. The summed E-state index contributed by atoms with van der Waals surface area (Å²) in [5, 5.41) is 3.81. The summed E-state index contributed by atoms with van der Waals surface area (Å²) in [6.07, 6.45) is 0.194. The number of Topliss-reactive ketones (excluding diaryl/α,β-unsaturated/α-hetero) is 1. The molecule has 0 saturated heterocycles. The lowest BCUT2D eigenvalue weighted by atomic mass is 10.1. The number of ketones is 1. The number of rotatable bonds is 6. The van der Waals surface area contributed by atoms with Crippen LogP contribution in [0.2, 0.25) is 0 Å². The Balaban J connectivity index is 1.71. The van der Waals surface area contributed by atoms with E-state index in [1.54, 1.807) is 0 Å². The Hall–Kier alpha value is -2.66. The number of carbonyl (C=O) groups is 2. The van der Waals surface area contributed by atoms with E-state index in [0.29, 0.717) is 5.56 Å².